The number of anilines is 1. The van der Waals surface area contributed by atoms with E-state index >= 15 is 0 Å². The Kier molecular flexibility index (Phi) is 3.56. The lowest BCUT2D eigenvalue weighted by atomic mass is 10.2. The van der Waals surface area contributed by atoms with E-state index in [1.165, 1.54) is 0 Å². The summed E-state index contributed by atoms with van der Waals surface area (Å²) in [6.45, 7) is 2.63. The maximum Gasteiger partial charge on any atom is 0.142 e. The third kappa shape index (κ3) is 2.80. The molecule has 2 unspecified atom stereocenters. The molecule has 1 aliphatic heterocycles. The van der Waals surface area contributed by atoms with E-state index < -0.39 is 0 Å². The van der Waals surface area contributed by atoms with Gasteiger partial charge in [0.25, 0.3) is 0 Å². The van der Waals surface area contributed by atoms with Crippen molar-refractivity contribution in [2.24, 2.45) is 0 Å². The number of hydrogen-bond acceptors (Lipinski definition) is 3. The Morgan fingerprint density at radius 3 is 2.94 bits per heavy atom. The predicted molar refractivity (Wildman–Crippen MR) is 64.9 cm³/mol. The predicted octanol–water partition coefficient (Wildman–Crippen LogP) is 2.87. The van der Waals surface area contributed by atoms with E-state index in [-0.39, 0.29) is 6.10 Å². The molecular formula is C12H16ClNO2. The number of rotatable bonds is 3. The summed E-state index contributed by atoms with van der Waals surface area (Å²) < 4.78 is 11.3. The van der Waals surface area contributed by atoms with Gasteiger partial charge in [-0.15, -0.1) is 0 Å². The molecule has 0 saturated carbocycles. The van der Waals surface area contributed by atoms with Gasteiger partial charge in [-0.3, -0.25) is 0 Å². The van der Waals surface area contributed by atoms with Crippen molar-refractivity contribution < 1.29 is 9.47 Å². The van der Waals surface area contributed by atoms with Crippen molar-refractivity contribution in [2.75, 3.05) is 12.3 Å². The SMILES string of the molecule is CC1CCC(COc2ccc(Cl)cc2N)O1. The highest BCUT2D eigenvalue weighted by Crippen LogP contribution is 2.26. The second-order valence-electron chi connectivity index (χ2n) is 4.14. The standard InChI is InChI=1S/C12H16ClNO2/c1-8-2-4-10(16-8)7-15-12-5-3-9(13)6-11(12)14/h3,5-6,8,10H,2,4,7,14H2,1H3. The van der Waals surface area contributed by atoms with Crippen molar-refractivity contribution in [3.8, 4) is 5.75 Å². The molecule has 0 amide bonds. The Morgan fingerprint density at radius 2 is 2.31 bits per heavy atom. The van der Waals surface area contributed by atoms with Crippen LogP contribution in [0.5, 0.6) is 5.75 Å². The summed E-state index contributed by atoms with van der Waals surface area (Å²) in [5, 5.41) is 0.621. The van der Waals surface area contributed by atoms with Crippen LogP contribution in [0.15, 0.2) is 18.2 Å². The minimum absolute atomic E-state index is 0.185. The maximum absolute atomic E-state index is 5.80. The van der Waals surface area contributed by atoms with Crippen LogP contribution in [0.2, 0.25) is 5.02 Å². The van der Waals surface area contributed by atoms with Gasteiger partial charge in [0.05, 0.1) is 17.9 Å². The second kappa shape index (κ2) is 4.93. The molecule has 2 atom stereocenters. The average Bonchev–Trinajstić information content (AvgIpc) is 2.63. The van der Waals surface area contributed by atoms with Crippen molar-refractivity contribution in [1.82, 2.24) is 0 Å². The van der Waals surface area contributed by atoms with Crippen LogP contribution in [0, 0.1) is 0 Å². The molecule has 0 spiro atoms. The molecule has 1 aromatic carbocycles. The van der Waals surface area contributed by atoms with E-state index in [0.717, 1.165) is 12.8 Å². The number of nitrogens with two attached hydrogens (primary N) is 1. The third-order valence-electron chi connectivity index (χ3n) is 2.72. The van der Waals surface area contributed by atoms with Crippen LogP contribution in [-0.2, 0) is 4.74 Å². The molecule has 3 nitrogen and oxygen atoms in total. The van der Waals surface area contributed by atoms with Gasteiger partial charge in [-0.05, 0) is 38.0 Å². The third-order valence-corrected chi connectivity index (χ3v) is 2.95. The van der Waals surface area contributed by atoms with Crippen LogP contribution in [0.4, 0.5) is 5.69 Å². The topological polar surface area (TPSA) is 44.5 Å². The van der Waals surface area contributed by atoms with Gasteiger partial charge in [-0.25, -0.2) is 0 Å². The molecular weight excluding hydrogens is 226 g/mol. The Morgan fingerprint density at radius 1 is 1.50 bits per heavy atom. The number of halogens is 1. The first-order valence-electron chi connectivity index (χ1n) is 5.48. The number of benzene rings is 1. The first-order valence-corrected chi connectivity index (χ1v) is 5.86. The Hall–Kier alpha value is -0.930. The van der Waals surface area contributed by atoms with Gasteiger partial charge in [-0.1, -0.05) is 11.6 Å². The highest BCUT2D eigenvalue weighted by Gasteiger charge is 2.22. The van der Waals surface area contributed by atoms with Gasteiger partial charge in [0.2, 0.25) is 0 Å². The molecule has 1 aliphatic rings. The fraction of sp³-hybridized carbons (Fsp3) is 0.500. The van der Waals surface area contributed by atoms with Crippen molar-refractivity contribution in [3.05, 3.63) is 23.2 Å². The summed E-state index contributed by atoms with van der Waals surface area (Å²) in [4.78, 5) is 0. The Labute approximate surface area is 100 Å². The van der Waals surface area contributed by atoms with Gasteiger partial charge in [0.1, 0.15) is 12.4 Å². The lowest BCUT2D eigenvalue weighted by Gasteiger charge is -2.14. The van der Waals surface area contributed by atoms with Crippen LogP contribution in [-0.4, -0.2) is 18.8 Å². The van der Waals surface area contributed by atoms with Gasteiger partial charge in [0.15, 0.2) is 0 Å². The molecule has 1 aromatic rings. The lowest BCUT2D eigenvalue weighted by Crippen LogP contribution is -2.18. The van der Waals surface area contributed by atoms with Crippen LogP contribution < -0.4 is 10.5 Å². The summed E-state index contributed by atoms with van der Waals surface area (Å²) in [6, 6.07) is 5.25. The smallest absolute Gasteiger partial charge is 0.142 e. The van der Waals surface area contributed by atoms with Gasteiger partial charge < -0.3 is 15.2 Å². The van der Waals surface area contributed by atoms with Crippen molar-refractivity contribution in [1.29, 1.82) is 0 Å². The zero-order chi connectivity index (χ0) is 11.5. The number of ether oxygens (including phenoxy) is 2. The van der Waals surface area contributed by atoms with E-state index in [1.807, 2.05) is 0 Å². The zero-order valence-corrected chi connectivity index (χ0v) is 10.0. The molecule has 1 fully saturated rings. The van der Waals surface area contributed by atoms with E-state index in [0.29, 0.717) is 29.2 Å². The van der Waals surface area contributed by atoms with E-state index in [9.17, 15) is 0 Å². The first-order chi connectivity index (χ1) is 7.65. The van der Waals surface area contributed by atoms with Gasteiger partial charge in [0, 0.05) is 5.02 Å². The van der Waals surface area contributed by atoms with Crippen molar-refractivity contribution in [2.45, 2.75) is 32.0 Å². The molecule has 0 radical (unpaired) electrons. The summed E-state index contributed by atoms with van der Waals surface area (Å²) in [5.41, 5.74) is 6.35. The summed E-state index contributed by atoms with van der Waals surface area (Å²) in [7, 11) is 0. The molecule has 16 heavy (non-hydrogen) atoms. The van der Waals surface area contributed by atoms with Crippen LogP contribution in [0.1, 0.15) is 19.8 Å². The second-order valence-corrected chi connectivity index (χ2v) is 4.58. The molecule has 0 aliphatic carbocycles. The number of nitrogen functional groups attached to an aromatic ring is 1. The largest absolute Gasteiger partial charge is 0.489 e. The Bertz CT molecular complexity index is 370. The molecule has 1 heterocycles. The quantitative estimate of drug-likeness (QED) is 0.828. The van der Waals surface area contributed by atoms with Crippen LogP contribution in [0.25, 0.3) is 0 Å². The molecule has 1 saturated heterocycles. The lowest BCUT2D eigenvalue weighted by molar-refractivity contribution is 0.0266. The fourth-order valence-electron chi connectivity index (χ4n) is 1.84. The van der Waals surface area contributed by atoms with Crippen LogP contribution >= 0.6 is 11.6 Å². The summed E-state index contributed by atoms with van der Waals surface area (Å²) in [6.07, 6.45) is 2.68. The Balaban J connectivity index is 1.89. The minimum Gasteiger partial charge on any atom is -0.489 e. The molecule has 2 N–H and O–H groups in total. The zero-order valence-electron chi connectivity index (χ0n) is 9.28. The summed E-state index contributed by atoms with van der Waals surface area (Å²) in [5.74, 6) is 0.674. The van der Waals surface area contributed by atoms with Crippen molar-refractivity contribution in [3.63, 3.8) is 0 Å². The number of hydrogen-bond donors (Lipinski definition) is 1. The fourth-order valence-corrected chi connectivity index (χ4v) is 2.02. The maximum atomic E-state index is 5.80. The molecule has 0 bridgehead atoms. The van der Waals surface area contributed by atoms with Gasteiger partial charge >= 0.3 is 0 Å². The molecule has 0 aromatic heterocycles. The summed E-state index contributed by atoms with van der Waals surface area (Å²) >= 11 is 5.80. The average molecular weight is 242 g/mol. The van der Waals surface area contributed by atoms with Crippen LogP contribution in [0.3, 0.4) is 0 Å². The monoisotopic (exact) mass is 241 g/mol. The minimum atomic E-state index is 0.185. The van der Waals surface area contributed by atoms with Gasteiger partial charge in [-0.2, -0.15) is 0 Å². The van der Waals surface area contributed by atoms with E-state index in [1.54, 1.807) is 18.2 Å². The highest BCUT2D eigenvalue weighted by molar-refractivity contribution is 6.30. The normalized spacial score (nSPS) is 24.6. The first kappa shape index (κ1) is 11.6. The van der Waals surface area contributed by atoms with E-state index in [2.05, 4.69) is 6.92 Å². The molecule has 4 heteroatoms. The van der Waals surface area contributed by atoms with Crippen molar-refractivity contribution >= 4 is 17.3 Å². The highest BCUT2D eigenvalue weighted by atomic mass is 35.5. The molecule has 2 rings (SSSR count). The van der Waals surface area contributed by atoms with E-state index in [4.69, 9.17) is 26.8 Å². The molecule has 88 valence electrons.